The largest absolute Gasteiger partial charge is 0.497 e. The molecular formula is C15H22N2O4. The lowest BCUT2D eigenvalue weighted by Gasteiger charge is -2.25. The molecule has 0 aromatic heterocycles. The molecule has 0 radical (unpaired) electrons. The number of urea groups is 1. The van der Waals surface area contributed by atoms with Gasteiger partial charge in [-0.1, -0.05) is 0 Å². The van der Waals surface area contributed by atoms with Crippen molar-refractivity contribution in [3.63, 3.8) is 0 Å². The van der Waals surface area contributed by atoms with E-state index in [0.717, 1.165) is 0 Å². The Labute approximate surface area is 125 Å². The average molecular weight is 294 g/mol. The van der Waals surface area contributed by atoms with Crippen LogP contribution >= 0.6 is 0 Å². The maximum atomic E-state index is 12.2. The summed E-state index contributed by atoms with van der Waals surface area (Å²) in [5.74, 6) is 0.288. The molecule has 0 aliphatic rings. The van der Waals surface area contributed by atoms with Crippen LogP contribution in [0.15, 0.2) is 24.3 Å². The van der Waals surface area contributed by atoms with E-state index in [1.807, 2.05) is 13.8 Å². The average Bonchev–Trinajstić information content (AvgIpc) is 2.45. The van der Waals surface area contributed by atoms with Crippen molar-refractivity contribution >= 4 is 17.7 Å². The highest BCUT2D eigenvalue weighted by Crippen LogP contribution is 2.15. The lowest BCUT2D eigenvalue weighted by atomic mass is 10.3. The van der Waals surface area contributed by atoms with Crippen LogP contribution in [-0.2, 0) is 9.53 Å². The molecule has 116 valence electrons. The van der Waals surface area contributed by atoms with Crippen LogP contribution in [0, 0.1) is 0 Å². The van der Waals surface area contributed by atoms with Crippen LogP contribution in [0.1, 0.15) is 20.8 Å². The van der Waals surface area contributed by atoms with E-state index in [9.17, 15) is 9.59 Å². The molecule has 1 N–H and O–H groups in total. The number of carbonyl (C=O) groups is 2. The topological polar surface area (TPSA) is 67.9 Å². The van der Waals surface area contributed by atoms with E-state index in [1.54, 1.807) is 38.3 Å². The first-order valence-corrected chi connectivity index (χ1v) is 6.85. The number of nitrogens with one attached hydrogen (secondary N) is 1. The van der Waals surface area contributed by atoms with Crippen molar-refractivity contribution in [2.24, 2.45) is 0 Å². The smallest absolute Gasteiger partial charge is 0.325 e. The highest BCUT2D eigenvalue weighted by molar-refractivity contribution is 5.91. The number of hydrogen-bond donors (Lipinski definition) is 1. The second kappa shape index (κ2) is 8.14. The number of benzene rings is 1. The Bertz CT molecular complexity index is 471. The normalized spacial score (nSPS) is 10.1. The number of ether oxygens (including phenoxy) is 2. The van der Waals surface area contributed by atoms with Crippen LogP contribution in [0.3, 0.4) is 0 Å². The summed E-state index contributed by atoms with van der Waals surface area (Å²) in [5.41, 5.74) is 0.635. The van der Waals surface area contributed by atoms with Gasteiger partial charge in [0.15, 0.2) is 0 Å². The Kier molecular flexibility index (Phi) is 6.52. The maximum absolute atomic E-state index is 12.2. The fourth-order valence-corrected chi connectivity index (χ4v) is 1.70. The standard InChI is InChI=1S/C15H22N2O4/c1-5-21-14(18)10-17(11(2)3)15(19)16-12-6-8-13(20-4)9-7-12/h6-9,11H,5,10H2,1-4H3,(H,16,19). The van der Waals surface area contributed by atoms with Gasteiger partial charge in [0.05, 0.1) is 13.7 Å². The van der Waals surface area contributed by atoms with Gasteiger partial charge in [-0.25, -0.2) is 4.79 Å². The first-order chi connectivity index (χ1) is 9.97. The van der Waals surface area contributed by atoms with Crippen LogP contribution in [0.4, 0.5) is 10.5 Å². The van der Waals surface area contributed by atoms with E-state index >= 15 is 0 Å². The van der Waals surface area contributed by atoms with Crippen molar-refractivity contribution in [3.8, 4) is 5.75 Å². The van der Waals surface area contributed by atoms with E-state index in [0.29, 0.717) is 18.0 Å². The zero-order chi connectivity index (χ0) is 15.8. The zero-order valence-electron chi connectivity index (χ0n) is 12.9. The van der Waals surface area contributed by atoms with Gasteiger partial charge in [0.2, 0.25) is 0 Å². The summed E-state index contributed by atoms with van der Waals surface area (Å²) in [6, 6.07) is 6.51. The van der Waals surface area contributed by atoms with Crippen molar-refractivity contribution in [2.75, 3.05) is 25.6 Å². The van der Waals surface area contributed by atoms with Gasteiger partial charge in [0, 0.05) is 11.7 Å². The zero-order valence-corrected chi connectivity index (χ0v) is 12.9. The minimum Gasteiger partial charge on any atom is -0.497 e. The Hall–Kier alpha value is -2.24. The minimum atomic E-state index is -0.420. The third kappa shape index (κ3) is 5.33. The summed E-state index contributed by atoms with van der Waals surface area (Å²) in [4.78, 5) is 25.2. The molecule has 1 aromatic carbocycles. The Morgan fingerprint density at radius 3 is 2.33 bits per heavy atom. The van der Waals surface area contributed by atoms with Crippen LogP contribution in [0.5, 0.6) is 5.75 Å². The molecule has 2 amide bonds. The lowest BCUT2D eigenvalue weighted by Crippen LogP contribution is -2.43. The molecule has 0 spiro atoms. The first-order valence-electron chi connectivity index (χ1n) is 6.85. The highest BCUT2D eigenvalue weighted by atomic mass is 16.5. The molecule has 0 unspecified atom stereocenters. The van der Waals surface area contributed by atoms with Crippen molar-refractivity contribution in [3.05, 3.63) is 24.3 Å². The molecule has 1 rings (SSSR count). The molecule has 21 heavy (non-hydrogen) atoms. The van der Waals surface area contributed by atoms with Crippen molar-refractivity contribution < 1.29 is 19.1 Å². The summed E-state index contributed by atoms with van der Waals surface area (Å²) < 4.78 is 9.93. The second-order valence-corrected chi connectivity index (χ2v) is 4.69. The van der Waals surface area contributed by atoms with E-state index in [4.69, 9.17) is 9.47 Å². The molecule has 0 atom stereocenters. The summed E-state index contributed by atoms with van der Waals surface area (Å²) in [5, 5.41) is 2.75. The molecule has 0 aliphatic carbocycles. The summed E-state index contributed by atoms with van der Waals surface area (Å²) in [7, 11) is 1.58. The fraction of sp³-hybridized carbons (Fsp3) is 0.467. The van der Waals surface area contributed by atoms with Crippen LogP contribution < -0.4 is 10.1 Å². The molecular weight excluding hydrogens is 272 g/mol. The number of hydrogen-bond acceptors (Lipinski definition) is 4. The second-order valence-electron chi connectivity index (χ2n) is 4.69. The van der Waals surface area contributed by atoms with E-state index in [1.165, 1.54) is 4.90 Å². The van der Waals surface area contributed by atoms with Gasteiger partial charge in [-0.2, -0.15) is 0 Å². The Morgan fingerprint density at radius 2 is 1.86 bits per heavy atom. The number of amides is 2. The molecule has 0 bridgehead atoms. The quantitative estimate of drug-likeness (QED) is 0.819. The lowest BCUT2D eigenvalue weighted by molar-refractivity contribution is -0.144. The summed E-state index contributed by atoms with van der Waals surface area (Å²) in [6.45, 7) is 5.63. The Balaban J connectivity index is 2.69. The fourth-order valence-electron chi connectivity index (χ4n) is 1.70. The monoisotopic (exact) mass is 294 g/mol. The predicted octanol–water partition coefficient (Wildman–Crippen LogP) is 2.50. The summed E-state index contributed by atoms with van der Waals surface area (Å²) >= 11 is 0. The van der Waals surface area contributed by atoms with E-state index in [2.05, 4.69) is 5.32 Å². The molecule has 0 saturated carbocycles. The van der Waals surface area contributed by atoms with Gasteiger partial charge in [-0.15, -0.1) is 0 Å². The van der Waals surface area contributed by atoms with Crippen molar-refractivity contribution in [1.29, 1.82) is 0 Å². The molecule has 6 nitrogen and oxygen atoms in total. The number of carbonyl (C=O) groups excluding carboxylic acids is 2. The van der Waals surface area contributed by atoms with Gasteiger partial charge < -0.3 is 19.7 Å². The Morgan fingerprint density at radius 1 is 1.24 bits per heavy atom. The van der Waals surface area contributed by atoms with Crippen LogP contribution in [0.25, 0.3) is 0 Å². The summed E-state index contributed by atoms with van der Waals surface area (Å²) in [6.07, 6.45) is 0. The van der Waals surface area contributed by atoms with Gasteiger partial charge in [0.25, 0.3) is 0 Å². The van der Waals surface area contributed by atoms with E-state index < -0.39 is 5.97 Å². The third-order valence-corrected chi connectivity index (χ3v) is 2.83. The van der Waals surface area contributed by atoms with Gasteiger partial charge in [-0.3, -0.25) is 4.79 Å². The van der Waals surface area contributed by atoms with E-state index in [-0.39, 0.29) is 18.6 Å². The number of esters is 1. The molecule has 6 heteroatoms. The molecule has 0 fully saturated rings. The number of methoxy groups -OCH3 is 1. The van der Waals surface area contributed by atoms with Crippen molar-refractivity contribution in [1.82, 2.24) is 4.90 Å². The van der Waals surface area contributed by atoms with Crippen LogP contribution in [0.2, 0.25) is 0 Å². The number of anilines is 1. The maximum Gasteiger partial charge on any atom is 0.325 e. The van der Waals surface area contributed by atoms with Gasteiger partial charge in [0.1, 0.15) is 12.3 Å². The highest BCUT2D eigenvalue weighted by Gasteiger charge is 2.20. The van der Waals surface area contributed by atoms with Gasteiger partial charge >= 0.3 is 12.0 Å². The molecule has 0 aliphatic heterocycles. The van der Waals surface area contributed by atoms with Crippen molar-refractivity contribution in [2.45, 2.75) is 26.8 Å². The molecule has 0 heterocycles. The minimum absolute atomic E-state index is 0.0759. The van der Waals surface area contributed by atoms with Gasteiger partial charge in [-0.05, 0) is 45.0 Å². The molecule has 0 saturated heterocycles. The SMILES string of the molecule is CCOC(=O)CN(C(=O)Nc1ccc(OC)cc1)C(C)C. The molecule has 1 aromatic rings. The third-order valence-electron chi connectivity index (χ3n) is 2.83. The number of nitrogens with zero attached hydrogens (tertiary/aromatic N) is 1. The van der Waals surface area contributed by atoms with Crippen LogP contribution in [-0.4, -0.2) is 43.2 Å². The first kappa shape index (κ1) is 16.8. The predicted molar refractivity (Wildman–Crippen MR) is 80.5 cm³/mol. The number of rotatable bonds is 6.